The van der Waals surface area contributed by atoms with Crippen molar-refractivity contribution < 1.29 is 4.79 Å². The molecule has 1 amide bonds. The summed E-state index contributed by atoms with van der Waals surface area (Å²) in [5.41, 5.74) is 8.38. The molecule has 2 N–H and O–H groups in total. The van der Waals surface area contributed by atoms with Crippen molar-refractivity contribution in [3.63, 3.8) is 0 Å². The maximum absolute atomic E-state index is 12.3. The second kappa shape index (κ2) is 11.0. The molecule has 1 aliphatic rings. The standard InChI is InChI=1S/C31H34N6OS/c1-19(2)30(38)34-26-12-11-24(15-20(26)3)37-29(28(35-31(37)39)27-10-6-7-14-33-27)25-16-21(4)36(22(25)5)18-23-9-8-13-32-17-23/h6-17,19,28-29H,18H2,1-5H3,(H,34,38)(H,35,39)/t28-,29-/m1/s1. The smallest absolute Gasteiger partial charge is 0.226 e. The van der Waals surface area contributed by atoms with Gasteiger partial charge in [-0.2, -0.15) is 0 Å². The lowest BCUT2D eigenvalue weighted by atomic mass is 9.96. The fourth-order valence-corrected chi connectivity index (χ4v) is 5.55. The number of aryl methyl sites for hydroxylation is 2. The van der Waals surface area contributed by atoms with E-state index in [1.165, 1.54) is 17.0 Å². The number of amides is 1. The number of rotatable bonds is 7. The van der Waals surface area contributed by atoms with E-state index in [0.29, 0.717) is 5.11 Å². The summed E-state index contributed by atoms with van der Waals surface area (Å²) in [5.74, 6) is -0.0942. The Kier molecular flexibility index (Phi) is 7.48. The van der Waals surface area contributed by atoms with Gasteiger partial charge in [-0.1, -0.05) is 26.0 Å². The molecule has 1 fully saturated rings. The maximum Gasteiger partial charge on any atom is 0.226 e. The van der Waals surface area contributed by atoms with E-state index in [4.69, 9.17) is 17.2 Å². The van der Waals surface area contributed by atoms with Crippen molar-refractivity contribution in [2.24, 2.45) is 5.92 Å². The number of thiocarbonyl (C=S) groups is 1. The van der Waals surface area contributed by atoms with Gasteiger partial charge in [0.1, 0.15) is 0 Å². The molecule has 1 saturated heterocycles. The predicted octanol–water partition coefficient (Wildman–Crippen LogP) is 6.02. The van der Waals surface area contributed by atoms with Crippen LogP contribution in [0.25, 0.3) is 0 Å². The number of carbonyl (C=O) groups excluding carboxylic acids is 1. The largest absolute Gasteiger partial charge is 0.351 e. The van der Waals surface area contributed by atoms with Crippen molar-refractivity contribution in [3.8, 4) is 0 Å². The van der Waals surface area contributed by atoms with Gasteiger partial charge in [0.05, 0.1) is 17.8 Å². The van der Waals surface area contributed by atoms with Crippen LogP contribution in [0.3, 0.4) is 0 Å². The second-order valence-electron chi connectivity index (χ2n) is 10.4. The number of nitrogens with one attached hydrogen (secondary N) is 2. The van der Waals surface area contributed by atoms with Crippen molar-refractivity contribution in [2.75, 3.05) is 10.2 Å². The molecule has 1 aliphatic heterocycles. The van der Waals surface area contributed by atoms with Gasteiger partial charge in [-0.15, -0.1) is 0 Å². The third-order valence-electron chi connectivity index (χ3n) is 7.36. The third kappa shape index (κ3) is 5.29. The summed E-state index contributed by atoms with van der Waals surface area (Å²) in [6.07, 6.45) is 5.53. The first kappa shape index (κ1) is 26.6. The van der Waals surface area contributed by atoms with E-state index in [-0.39, 0.29) is 23.9 Å². The number of anilines is 2. The Balaban J connectivity index is 1.57. The highest BCUT2D eigenvalue weighted by Crippen LogP contribution is 2.44. The molecule has 0 aliphatic carbocycles. The predicted molar refractivity (Wildman–Crippen MR) is 160 cm³/mol. The molecule has 0 spiro atoms. The summed E-state index contributed by atoms with van der Waals surface area (Å²) in [6.45, 7) is 10.8. The first-order chi connectivity index (χ1) is 18.7. The third-order valence-corrected chi connectivity index (χ3v) is 7.68. The molecular formula is C31H34N6OS. The van der Waals surface area contributed by atoms with Crippen LogP contribution in [0.2, 0.25) is 0 Å². The van der Waals surface area contributed by atoms with Crippen LogP contribution in [0, 0.1) is 26.7 Å². The second-order valence-corrected chi connectivity index (χ2v) is 10.8. The number of benzene rings is 1. The molecule has 3 aromatic heterocycles. The summed E-state index contributed by atoms with van der Waals surface area (Å²) in [7, 11) is 0. The van der Waals surface area contributed by atoms with Crippen LogP contribution in [0.4, 0.5) is 11.4 Å². The topological polar surface area (TPSA) is 75.1 Å². The average molecular weight is 539 g/mol. The Morgan fingerprint density at radius 2 is 1.90 bits per heavy atom. The molecule has 4 aromatic rings. The minimum absolute atomic E-state index is 0.00152. The zero-order chi connectivity index (χ0) is 27.7. The van der Waals surface area contributed by atoms with E-state index < -0.39 is 0 Å². The van der Waals surface area contributed by atoms with E-state index in [1.54, 1.807) is 6.20 Å². The van der Waals surface area contributed by atoms with Crippen molar-refractivity contribution in [2.45, 2.75) is 53.2 Å². The minimum Gasteiger partial charge on any atom is -0.351 e. The lowest BCUT2D eigenvalue weighted by Gasteiger charge is -2.29. The molecule has 0 saturated carbocycles. The highest BCUT2D eigenvalue weighted by molar-refractivity contribution is 7.80. The van der Waals surface area contributed by atoms with Crippen LogP contribution < -0.4 is 15.5 Å². The highest BCUT2D eigenvalue weighted by Gasteiger charge is 2.42. The van der Waals surface area contributed by atoms with Crippen LogP contribution >= 0.6 is 12.2 Å². The molecule has 5 rings (SSSR count). The van der Waals surface area contributed by atoms with Crippen molar-refractivity contribution in [1.29, 1.82) is 0 Å². The Morgan fingerprint density at radius 1 is 1.08 bits per heavy atom. The Bertz CT molecular complexity index is 1500. The number of aromatic nitrogens is 3. The van der Waals surface area contributed by atoms with Crippen LogP contribution in [-0.2, 0) is 11.3 Å². The molecule has 4 heterocycles. The van der Waals surface area contributed by atoms with Crippen LogP contribution in [0.5, 0.6) is 0 Å². The van der Waals surface area contributed by atoms with Gasteiger partial charge in [-0.3, -0.25) is 14.8 Å². The number of nitrogens with zero attached hydrogens (tertiary/aromatic N) is 4. The Labute approximate surface area is 235 Å². The summed E-state index contributed by atoms with van der Waals surface area (Å²) in [5, 5.41) is 7.24. The van der Waals surface area contributed by atoms with E-state index >= 15 is 0 Å². The number of carbonyl (C=O) groups is 1. The van der Waals surface area contributed by atoms with Gasteiger partial charge in [0.25, 0.3) is 0 Å². The van der Waals surface area contributed by atoms with Gasteiger partial charge in [-0.05, 0) is 92.1 Å². The first-order valence-electron chi connectivity index (χ1n) is 13.2. The van der Waals surface area contributed by atoms with Crippen molar-refractivity contribution in [1.82, 2.24) is 19.9 Å². The molecule has 0 unspecified atom stereocenters. The number of hydrogen-bond acceptors (Lipinski definition) is 4. The van der Waals surface area contributed by atoms with Gasteiger partial charge >= 0.3 is 0 Å². The van der Waals surface area contributed by atoms with E-state index in [9.17, 15) is 4.79 Å². The first-order valence-corrected chi connectivity index (χ1v) is 13.6. The average Bonchev–Trinajstić information content (AvgIpc) is 3.41. The zero-order valence-corrected chi connectivity index (χ0v) is 23.8. The van der Waals surface area contributed by atoms with E-state index in [2.05, 4.69) is 57.1 Å². The summed E-state index contributed by atoms with van der Waals surface area (Å²) in [6, 6.07) is 18.1. The molecule has 39 heavy (non-hydrogen) atoms. The van der Waals surface area contributed by atoms with Gasteiger partial charge in [0, 0.05) is 53.8 Å². The summed E-state index contributed by atoms with van der Waals surface area (Å²) >= 11 is 5.95. The molecular weight excluding hydrogens is 504 g/mol. The lowest BCUT2D eigenvalue weighted by Crippen LogP contribution is -2.29. The summed E-state index contributed by atoms with van der Waals surface area (Å²) < 4.78 is 2.33. The van der Waals surface area contributed by atoms with Gasteiger partial charge in [0.15, 0.2) is 5.11 Å². The molecule has 1 aromatic carbocycles. The van der Waals surface area contributed by atoms with Gasteiger partial charge in [-0.25, -0.2) is 0 Å². The van der Waals surface area contributed by atoms with Crippen LogP contribution in [0.15, 0.2) is 73.2 Å². The van der Waals surface area contributed by atoms with Gasteiger partial charge < -0.3 is 20.1 Å². The SMILES string of the molecule is Cc1cc(N2C(=S)N[C@H](c3ccccn3)[C@H]2c2cc(C)n(Cc3cccnc3)c2C)ccc1NC(=O)C(C)C. The molecule has 200 valence electrons. The normalized spacial score (nSPS) is 17.0. The fraction of sp³-hybridized carbons (Fsp3) is 0.290. The quantitative estimate of drug-likeness (QED) is 0.280. The molecule has 0 radical (unpaired) electrons. The molecule has 8 heteroatoms. The maximum atomic E-state index is 12.3. The minimum atomic E-state index is -0.133. The zero-order valence-electron chi connectivity index (χ0n) is 23.0. The van der Waals surface area contributed by atoms with Crippen LogP contribution in [0.1, 0.15) is 59.7 Å². The number of hydrogen-bond donors (Lipinski definition) is 2. The molecule has 7 nitrogen and oxygen atoms in total. The highest BCUT2D eigenvalue weighted by atomic mass is 32.1. The molecule has 2 atom stereocenters. The van der Waals surface area contributed by atoms with Crippen molar-refractivity contribution in [3.05, 3.63) is 107 Å². The summed E-state index contributed by atoms with van der Waals surface area (Å²) in [4.78, 5) is 23.5. The van der Waals surface area contributed by atoms with Crippen LogP contribution in [-0.4, -0.2) is 25.6 Å². The Hall–Kier alpha value is -4.04. The van der Waals surface area contributed by atoms with Crippen molar-refractivity contribution >= 4 is 34.6 Å². The molecule has 0 bridgehead atoms. The van der Waals surface area contributed by atoms with Gasteiger partial charge in [0.2, 0.25) is 5.91 Å². The number of pyridine rings is 2. The Morgan fingerprint density at radius 3 is 2.56 bits per heavy atom. The monoisotopic (exact) mass is 538 g/mol. The lowest BCUT2D eigenvalue weighted by molar-refractivity contribution is -0.118. The fourth-order valence-electron chi connectivity index (χ4n) is 5.21. The van der Waals surface area contributed by atoms with E-state index in [0.717, 1.165) is 34.7 Å². The van der Waals surface area contributed by atoms with E-state index in [1.807, 2.05) is 69.6 Å².